The van der Waals surface area contributed by atoms with Gasteiger partial charge in [0.15, 0.2) is 9.84 Å². The highest BCUT2D eigenvalue weighted by Crippen LogP contribution is 2.14. The molecule has 0 aliphatic heterocycles. The fourth-order valence-electron chi connectivity index (χ4n) is 2.77. The summed E-state index contributed by atoms with van der Waals surface area (Å²) >= 11 is 0. The highest BCUT2D eigenvalue weighted by atomic mass is 32.2. The molecule has 0 aliphatic carbocycles. The molecule has 2 aromatic rings. The SMILES string of the molecule is CC(C)NC(=O)CC(CS(=O)(=O)Cc1ccccc1)C(=O)NCC(=O)c1ncco1. The van der Waals surface area contributed by atoms with Crippen LogP contribution in [-0.2, 0) is 25.2 Å². The fraction of sp³-hybridized carbons (Fsp3) is 0.400. The van der Waals surface area contributed by atoms with Crippen molar-refractivity contribution in [3.63, 3.8) is 0 Å². The minimum Gasteiger partial charge on any atom is -0.442 e. The maximum Gasteiger partial charge on any atom is 0.264 e. The van der Waals surface area contributed by atoms with Gasteiger partial charge in [0, 0.05) is 12.5 Å². The molecular formula is C20H25N3O6S. The van der Waals surface area contributed by atoms with E-state index in [0.29, 0.717) is 5.56 Å². The van der Waals surface area contributed by atoms with E-state index in [1.165, 1.54) is 12.5 Å². The number of aromatic nitrogens is 1. The molecule has 10 heteroatoms. The summed E-state index contributed by atoms with van der Waals surface area (Å²) in [7, 11) is -3.69. The Morgan fingerprint density at radius 1 is 1.13 bits per heavy atom. The van der Waals surface area contributed by atoms with E-state index in [2.05, 4.69) is 15.6 Å². The molecule has 2 amide bonds. The lowest BCUT2D eigenvalue weighted by atomic mass is 10.1. The van der Waals surface area contributed by atoms with Crippen molar-refractivity contribution in [3.05, 3.63) is 54.2 Å². The van der Waals surface area contributed by atoms with Crippen molar-refractivity contribution in [2.75, 3.05) is 12.3 Å². The Labute approximate surface area is 175 Å². The topological polar surface area (TPSA) is 135 Å². The predicted molar refractivity (Wildman–Crippen MR) is 109 cm³/mol. The molecule has 30 heavy (non-hydrogen) atoms. The van der Waals surface area contributed by atoms with Gasteiger partial charge in [-0.05, 0) is 19.4 Å². The molecule has 1 atom stereocenters. The van der Waals surface area contributed by atoms with Gasteiger partial charge >= 0.3 is 0 Å². The van der Waals surface area contributed by atoms with E-state index in [0.717, 1.165) is 0 Å². The highest BCUT2D eigenvalue weighted by Gasteiger charge is 2.29. The minimum atomic E-state index is -3.69. The summed E-state index contributed by atoms with van der Waals surface area (Å²) in [5, 5.41) is 5.03. The summed E-state index contributed by atoms with van der Waals surface area (Å²) < 4.78 is 30.2. The number of amides is 2. The van der Waals surface area contributed by atoms with Gasteiger partial charge in [-0.25, -0.2) is 13.4 Å². The molecule has 0 saturated heterocycles. The van der Waals surface area contributed by atoms with Crippen molar-refractivity contribution >= 4 is 27.4 Å². The first-order valence-electron chi connectivity index (χ1n) is 9.40. The zero-order valence-corrected chi connectivity index (χ0v) is 17.6. The van der Waals surface area contributed by atoms with Gasteiger partial charge in [0.25, 0.3) is 5.89 Å². The van der Waals surface area contributed by atoms with Crippen molar-refractivity contribution in [1.82, 2.24) is 15.6 Å². The van der Waals surface area contributed by atoms with Crippen LogP contribution in [0.5, 0.6) is 0 Å². The smallest absolute Gasteiger partial charge is 0.264 e. The Kier molecular flexibility index (Phi) is 8.28. The monoisotopic (exact) mass is 435 g/mol. The van der Waals surface area contributed by atoms with Crippen molar-refractivity contribution in [2.45, 2.75) is 32.1 Å². The third-order valence-corrected chi connectivity index (χ3v) is 5.71. The summed E-state index contributed by atoms with van der Waals surface area (Å²) in [5.74, 6) is -3.79. The summed E-state index contributed by atoms with van der Waals surface area (Å²) in [6, 6.07) is 8.40. The zero-order chi connectivity index (χ0) is 22.1. The summed E-state index contributed by atoms with van der Waals surface area (Å²) in [6.45, 7) is 3.10. The molecule has 2 N–H and O–H groups in total. The van der Waals surface area contributed by atoms with Gasteiger partial charge in [0.2, 0.25) is 17.6 Å². The molecule has 162 valence electrons. The fourth-order valence-corrected chi connectivity index (χ4v) is 4.47. The maximum absolute atomic E-state index is 12.6. The number of sulfone groups is 1. The molecule has 1 aromatic heterocycles. The molecule has 0 spiro atoms. The van der Waals surface area contributed by atoms with Crippen LogP contribution in [0.2, 0.25) is 0 Å². The Balaban J connectivity index is 2.07. The Morgan fingerprint density at radius 3 is 2.43 bits per heavy atom. The van der Waals surface area contributed by atoms with E-state index in [1.54, 1.807) is 44.2 Å². The molecule has 0 radical (unpaired) electrons. The number of oxazole rings is 1. The minimum absolute atomic E-state index is 0.159. The second kappa shape index (κ2) is 10.7. The van der Waals surface area contributed by atoms with Gasteiger partial charge < -0.3 is 15.1 Å². The van der Waals surface area contributed by atoms with Crippen molar-refractivity contribution in [2.24, 2.45) is 5.92 Å². The first-order chi connectivity index (χ1) is 14.2. The molecule has 0 aliphatic rings. The van der Waals surface area contributed by atoms with E-state index in [9.17, 15) is 22.8 Å². The first kappa shape index (κ1) is 23.3. The first-order valence-corrected chi connectivity index (χ1v) is 11.2. The van der Waals surface area contributed by atoms with Gasteiger partial charge in [-0.3, -0.25) is 14.4 Å². The Hall–Kier alpha value is -3.01. The number of hydrogen-bond donors (Lipinski definition) is 2. The standard InChI is InChI=1S/C20H25N3O6S/c1-14(2)23-18(25)10-16(13-30(27,28)12-15-6-4-3-5-7-15)19(26)22-11-17(24)20-21-8-9-29-20/h3-9,14,16H,10-13H2,1-2H3,(H,22,26)(H,23,25). The van der Waals surface area contributed by atoms with Gasteiger partial charge in [-0.1, -0.05) is 30.3 Å². The largest absolute Gasteiger partial charge is 0.442 e. The van der Waals surface area contributed by atoms with Gasteiger partial charge in [-0.2, -0.15) is 0 Å². The van der Waals surface area contributed by atoms with Crippen LogP contribution in [0.3, 0.4) is 0 Å². The van der Waals surface area contributed by atoms with Gasteiger partial charge in [0.05, 0.1) is 30.2 Å². The number of rotatable bonds is 11. The zero-order valence-electron chi connectivity index (χ0n) is 16.8. The maximum atomic E-state index is 12.6. The summed E-state index contributed by atoms with van der Waals surface area (Å²) in [6.07, 6.45) is 2.21. The number of ketones is 1. The molecule has 0 saturated carbocycles. The van der Waals surface area contributed by atoms with Crippen molar-refractivity contribution in [1.29, 1.82) is 0 Å². The molecule has 9 nitrogen and oxygen atoms in total. The van der Waals surface area contributed by atoms with Crippen LogP contribution in [0, 0.1) is 5.92 Å². The average molecular weight is 436 g/mol. The van der Waals surface area contributed by atoms with E-state index in [4.69, 9.17) is 4.42 Å². The molecule has 1 unspecified atom stereocenters. The molecule has 2 rings (SSSR count). The number of carbonyl (C=O) groups excluding carboxylic acids is 3. The van der Waals surface area contributed by atoms with Crippen LogP contribution < -0.4 is 10.6 Å². The van der Waals surface area contributed by atoms with Gasteiger partial charge in [0.1, 0.15) is 6.26 Å². The predicted octanol–water partition coefficient (Wildman–Crippen LogP) is 1.12. The lowest BCUT2D eigenvalue weighted by Crippen LogP contribution is -2.41. The number of hydrogen-bond acceptors (Lipinski definition) is 7. The normalized spacial score (nSPS) is 12.4. The van der Waals surface area contributed by atoms with Crippen LogP contribution in [0.1, 0.15) is 36.5 Å². The number of nitrogens with zero attached hydrogens (tertiary/aromatic N) is 1. The van der Waals surface area contributed by atoms with E-state index in [-0.39, 0.29) is 24.1 Å². The second-order valence-electron chi connectivity index (χ2n) is 7.14. The van der Waals surface area contributed by atoms with Crippen molar-refractivity contribution in [3.8, 4) is 0 Å². The molecule has 0 fully saturated rings. The third kappa shape index (κ3) is 7.78. The number of carbonyl (C=O) groups is 3. The molecular weight excluding hydrogens is 410 g/mol. The summed E-state index contributed by atoms with van der Waals surface area (Å²) in [4.78, 5) is 40.4. The van der Waals surface area contributed by atoms with E-state index in [1.807, 2.05) is 0 Å². The molecule has 0 bridgehead atoms. The number of benzene rings is 1. The van der Waals surface area contributed by atoms with Gasteiger partial charge in [-0.15, -0.1) is 0 Å². The molecule has 1 heterocycles. The molecule has 1 aromatic carbocycles. The van der Waals surface area contributed by atoms with Crippen LogP contribution in [0.25, 0.3) is 0 Å². The summed E-state index contributed by atoms with van der Waals surface area (Å²) in [5.41, 5.74) is 0.586. The van der Waals surface area contributed by atoms with E-state index < -0.39 is 45.7 Å². The number of nitrogens with one attached hydrogen (secondary N) is 2. The van der Waals surface area contributed by atoms with Crippen LogP contribution in [0.15, 0.2) is 47.2 Å². The highest BCUT2D eigenvalue weighted by molar-refractivity contribution is 7.90. The Bertz CT molecular complexity index is 956. The van der Waals surface area contributed by atoms with Crippen molar-refractivity contribution < 1.29 is 27.2 Å². The average Bonchev–Trinajstić information content (AvgIpc) is 3.19. The quantitative estimate of drug-likeness (QED) is 0.505. The van der Waals surface area contributed by atoms with Crippen LogP contribution in [0.4, 0.5) is 0 Å². The third-order valence-electron chi connectivity index (χ3n) is 4.03. The number of Topliss-reactive ketones (excluding diaryl/α,β-unsaturated/α-hetero) is 1. The lowest BCUT2D eigenvalue weighted by Gasteiger charge is -2.17. The van der Waals surface area contributed by atoms with E-state index >= 15 is 0 Å². The van der Waals surface area contributed by atoms with Crippen LogP contribution in [-0.4, -0.2) is 49.3 Å². The lowest BCUT2D eigenvalue weighted by molar-refractivity contribution is -0.129. The Morgan fingerprint density at radius 2 is 1.83 bits per heavy atom. The second-order valence-corrected chi connectivity index (χ2v) is 9.25. The van der Waals surface area contributed by atoms with Crippen LogP contribution >= 0.6 is 0 Å².